The van der Waals surface area contributed by atoms with Crippen LogP contribution in [0, 0.1) is 0 Å². The van der Waals surface area contributed by atoms with E-state index in [1.807, 2.05) is 0 Å². The molecule has 0 bridgehead atoms. The predicted octanol–water partition coefficient (Wildman–Crippen LogP) is 3.30. The van der Waals surface area contributed by atoms with Crippen molar-refractivity contribution in [3.05, 3.63) is 59.7 Å². The van der Waals surface area contributed by atoms with Crippen LogP contribution in [-0.2, 0) is 21.7 Å². The van der Waals surface area contributed by atoms with Crippen molar-refractivity contribution in [2.45, 2.75) is 44.7 Å². The Bertz CT molecular complexity index is 1140. The summed E-state index contributed by atoms with van der Waals surface area (Å²) in [6, 6.07) is 8.12. The first-order valence-electron chi connectivity index (χ1n) is 11.5. The zero-order valence-corrected chi connectivity index (χ0v) is 19.0. The molecule has 2 aliphatic heterocycles. The van der Waals surface area contributed by atoms with E-state index < -0.39 is 17.5 Å². The molecule has 1 saturated heterocycles. The quantitative estimate of drug-likeness (QED) is 0.657. The molecule has 1 N–H and O–H groups in total. The van der Waals surface area contributed by atoms with E-state index >= 15 is 0 Å². The Kier molecular flexibility index (Phi) is 5.77. The van der Waals surface area contributed by atoms with E-state index in [1.165, 1.54) is 0 Å². The molecule has 1 atom stereocenters. The van der Waals surface area contributed by atoms with Crippen LogP contribution in [0.25, 0.3) is 0 Å². The average Bonchev–Trinajstić information content (AvgIpc) is 3.45. The van der Waals surface area contributed by atoms with Gasteiger partial charge in [0.2, 0.25) is 5.91 Å². The maximum Gasteiger partial charge on any atom is 0.325 e. The van der Waals surface area contributed by atoms with Crippen molar-refractivity contribution in [2.24, 2.45) is 0 Å². The molecule has 2 aromatic rings. The summed E-state index contributed by atoms with van der Waals surface area (Å²) in [6.45, 7) is 2.40. The average molecular weight is 466 g/mol. The van der Waals surface area contributed by atoms with Gasteiger partial charge in [-0.3, -0.25) is 14.5 Å². The molecule has 1 unspecified atom stereocenters. The molecular formula is C25H27N3O6. The summed E-state index contributed by atoms with van der Waals surface area (Å²) in [5.41, 5.74) is 0.144. The lowest BCUT2D eigenvalue weighted by Gasteiger charge is -2.28. The number of benzene rings is 1. The van der Waals surface area contributed by atoms with Crippen molar-refractivity contribution < 1.29 is 28.3 Å². The van der Waals surface area contributed by atoms with Gasteiger partial charge in [-0.25, -0.2) is 4.79 Å². The molecule has 5 rings (SSSR count). The first-order chi connectivity index (χ1) is 16.5. The van der Waals surface area contributed by atoms with Gasteiger partial charge in [-0.2, -0.15) is 0 Å². The molecule has 3 heterocycles. The first kappa shape index (κ1) is 22.1. The van der Waals surface area contributed by atoms with Crippen LogP contribution in [0.15, 0.2) is 52.8 Å². The van der Waals surface area contributed by atoms with Crippen molar-refractivity contribution in [3.8, 4) is 11.5 Å². The van der Waals surface area contributed by atoms with E-state index in [1.54, 1.807) is 48.4 Å². The number of allylic oxidation sites excluding steroid dienone is 2. The van der Waals surface area contributed by atoms with Crippen LogP contribution in [0.5, 0.6) is 11.5 Å². The largest absolute Gasteiger partial charge is 0.486 e. The highest BCUT2D eigenvalue weighted by Crippen LogP contribution is 2.37. The van der Waals surface area contributed by atoms with E-state index in [9.17, 15) is 14.4 Å². The maximum absolute atomic E-state index is 13.4. The second-order valence-electron chi connectivity index (χ2n) is 8.81. The Labute approximate surface area is 197 Å². The summed E-state index contributed by atoms with van der Waals surface area (Å²) in [6.07, 6.45) is 7.33. The second-order valence-corrected chi connectivity index (χ2v) is 8.81. The Morgan fingerprint density at radius 1 is 1.15 bits per heavy atom. The summed E-state index contributed by atoms with van der Waals surface area (Å²) in [5, 5.41) is 2.76. The minimum absolute atomic E-state index is 0.251. The number of hydrogen-bond acceptors (Lipinski definition) is 6. The van der Waals surface area contributed by atoms with Crippen LogP contribution in [0.2, 0.25) is 0 Å². The van der Waals surface area contributed by atoms with Gasteiger partial charge in [0.1, 0.15) is 31.1 Å². The lowest BCUT2D eigenvalue weighted by Crippen LogP contribution is -2.44. The van der Waals surface area contributed by atoms with Gasteiger partial charge in [-0.15, -0.1) is 0 Å². The Morgan fingerprint density at radius 2 is 1.97 bits per heavy atom. The van der Waals surface area contributed by atoms with Gasteiger partial charge in [0, 0.05) is 5.70 Å². The third-order valence-corrected chi connectivity index (χ3v) is 6.50. The monoisotopic (exact) mass is 465 g/mol. The Balaban J connectivity index is 1.37. The van der Waals surface area contributed by atoms with E-state index in [0.717, 1.165) is 36.3 Å². The molecule has 1 fully saturated rings. The van der Waals surface area contributed by atoms with Gasteiger partial charge < -0.3 is 24.1 Å². The number of fused-ring (bicyclic) bond motifs is 1. The highest BCUT2D eigenvalue weighted by atomic mass is 16.6. The Hall–Kier alpha value is -3.75. The molecule has 0 radical (unpaired) electrons. The van der Waals surface area contributed by atoms with Crippen molar-refractivity contribution in [3.63, 3.8) is 0 Å². The summed E-state index contributed by atoms with van der Waals surface area (Å²) in [7, 11) is 0. The number of carbonyl (C=O) groups excluding carboxylic acids is 3. The topological polar surface area (TPSA) is 101 Å². The molecule has 9 heteroatoms. The van der Waals surface area contributed by atoms with E-state index in [-0.39, 0.29) is 19.0 Å². The number of ether oxygens (including phenoxy) is 2. The smallest absolute Gasteiger partial charge is 0.325 e. The molecule has 3 aliphatic rings. The molecule has 1 aliphatic carbocycles. The van der Waals surface area contributed by atoms with Crippen molar-refractivity contribution in [2.75, 3.05) is 19.8 Å². The molecule has 34 heavy (non-hydrogen) atoms. The van der Waals surface area contributed by atoms with Crippen molar-refractivity contribution in [1.29, 1.82) is 0 Å². The third-order valence-electron chi connectivity index (χ3n) is 6.50. The number of nitrogens with zero attached hydrogens (tertiary/aromatic N) is 2. The molecule has 4 amide bonds. The number of amides is 4. The molecule has 9 nitrogen and oxygen atoms in total. The third kappa shape index (κ3) is 4.02. The second kappa shape index (κ2) is 8.89. The number of hydrogen-bond donors (Lipinski definition) is 1. The van der Waals surface area contributed by atoms with Gasteiger partial charge in [0.05, 0.1) is 12.8 Å². The van der Waals surface area contributed by atoms with E-state index in [4.69, 9.17) is 13.9 Å². The predicted molar refractivity (Wildman–Crippen MR) is 121 cm³/mol. The van der Waals surface area contributed by atoms with Crippen LogP contribution < -0.4 is 14.8 Å². The number of imide groups is 1. The van der Waals surface area contributed by atoms with Gasteiger partial charge >= 0.3 is 6.03 Å². The summed E-state index contributed by atoms with van der Waals surface area (Å²) >= 11 is 0. The van der Waals surface area contributed by atoms with Crippen molar-refractivity contribution in [1.82, 2.24) is 15.1 Å². The molecule has 1 aromatic heterocycles. The number of rotatable bonds is 6. The van der Waals surface area contributed by atoms with Crippen LogP contribution in [0.4, 0.5) is 4.79 Å². The highest BCUT2D eigenvalue weighted by Gasteiger charge is 2.50. The maximum atomic E-state index is 13.4. The van der Waals surface area contributed by atoms with Crippen LogP contribution in [-0.4, -0.2) is 47.4 Å². The van der Waals surface area contributed by atoms with Crippen molar-refractivity contribution >= 4 is 17.8 Å². The fourth-order valence-corrected chi connectivity index (χ4v) is 4.59. The summed E-state index contributed by atoms with van der Waals surface area (Å²) in [5.74, 6) is 0.933. The zero-order chi connectivity index (χ0) is 23.7. The number of urea groups is 1. The summed E-state index contributed by atoms with van der Waals surface area (Å²) < 4.78 is 16.6. The summed E-state index contributed by atoms with van der Waals surface area (Å²) in [4.78, 5) is 42.3. The minimum atomic E-state index is -1.32. The molecular weight excluding hydrogens is 438 g/mol. The highest BCUT2D eigenvalue weighted by molar-refractivity contribution is 6.09. The number of furan rings is 1. The first-order valence-corrected chi connectivity index (χ1v) is 11.5. The Morgan fingerprint density at radius 3 is 2.71 bits per heavy atom. The van der Waals surface area contributed by atoms with E-state index in [2.05, 4.69) is 11.4 Å². The standard InChI is InChI=1S/C25H27N3O6/c1-25(17-9-10-20-21(14-17)34-13-12-33-20)23(30)28(24(31)26-25)16-22(29)27(15-19-8-5-11-32-19)18-6-3-2-4-7-18/h5-6,8-11,14H,2-4,7,12-13,15-16H2,1H3,(H,26,31). The SMILES string of the molecule is CC1(c2ccc3c(c2)OCCO3)NC(=O)N(CC(=O)N(Cc2ccco2)C2=CCCCC2)C1=O. The zero-order valence-electron chi connectivity index (χ0n) is 19.0. The van der Waals surface area contributed by atoms with Crippen LogP contribution in [0.3, 0.4) is 0 Å². The number of carbonyl (C=O) groups is 3. The van der Waals surface area contributed by atoms with Gasteiger partial charge in [0.25, 0.3) is 5.91 Å². The van der Waals surface area contributed by atoms with Gasteiger partial charge in [-0.05, 0) is 62.4 Å². The lowest BCUT2D eigenvalue weighted by atomic mass is 9.91. The number of nitrogens with one attached hydrogen (secondary N) is 1. The molecule has 178 valence electrons. The molecule has 0 spiro atoms. The van der Waals surface area contributed by atoms with E-state index in [0.29, 0.717) is 36.0 Å². The van der Waals surface area contributed by atoms with Crippen LogP contribution >= 0.6 is 0 Å². The minimum Gasteiger partial charge on any atom is -0.486 e. The van der Waals surface area contributed by atoms with Gasteiger partial charge in [0.15, 0.2) is 11.5 Å². The lowest BCUT2D eigenvalue weighted by molar-refractivity contribution is -0.138. The fraction of sp³-hybridized carbons (Fsp3) is 0.400. The molecule has 1 aromatic carbocycles. The fourth-order valence-electron chi connectivity index (χ4n) is 4.59. The van der Waals surface area contributed by atoms with Gasteiger partial charge in [-0.1, -0.05) is 12.1 Å². The normalized spacial score (nSPS) is 21.8. The van der Waals surface area contributed by atoms with Crippen LogP contribution in [0.1, 0.15) is 43.9 Å². The molecule has 0 saturated carbocycles.